The van der Waals surface area contributed by atoms with Crippen LogP contribution in [-0.2, 0) is 7.05 Å². The van der Waals surface area contributed by atoms with Gasteiger partial charge >= 0.3 is 0 Å². The van der Waals surface area contributed by atoms with Gasteiger partial charge in [-0.3, -0.25) is 9.67 Å². The van der Waals surface area contributed by atoms with E-state index in [4.69, 9.17) is 0 Å². The van der Waals surface area contributed by atoms with Crippen LogP contribution < -0.4 is 0 Å². The summed E-state index contributed by atoms with van der Waals surface area (Å²) in [6, 6.07) is 6.23. The van der Waals surface area contributed by atoms with Gasteiger partial charge in [0.1, 0.15) is 0 Å². The zero-order valence-electron chi connectivity index (χ0n) is 9.61. The van der Waals surface area contributed by atoms with Gasteiger partial charge in [0, 0.05) is 34.7 Å². The average molecular weight is 301 g/mol. The lowest BCUT2D eigenvalue weighted by molar-refractivity contribution is 0.797. The third-order valence-corrected chi connectivity index (χ3v) is 3.68. The lowest BCUT2D eigenvalue weighted by Gasteiger charge is -1.95. The molecule has 0 aliphatic carbocycles. The molecule has 0 aliphatic heterocycles. The molecule has 5 heteroatoms. The lowest BCUT2D eigenvalue weighted by atomic mass is 10.2. The second kappa shape index (κ2) is 3.32. The van der Waals surface area contributed by atoms with E-state index < -0.39 is 0 Å². The summed E-state index contributed by atoms with van der Waals surface area (Å²) in [6.07, 6.45) is 3.80. The van der Waals surface area contributed by atoms with E-state index >= 15 is 0 Å². The fourth-order valence-corrected chi connectivity index (χ4v) is 2.69. The summed E-state index contributed by atoms with van der Waals surface area (Å²) in [5, 5.41) is 5.43. The monoisotopic (exact) mass is 300 g/mol. The highest BCUT2D eigenvalue weighted by Gasteiger charge is 2.09. The number of nitrogens with one attached hydrogen (secondary N) is 1. The number of pyridine rings is 1. The molecule has 4 rings (SSSR count). The summed E-state index contributed by atoms with van der Waals surface area (Å²) >= 11 is 3.43. The predicted octanol–water partition coefficient (Wildman–Crippen LogP) is 3.37. The van der Waals surface area contributed by atoms with Crippen molar-refractivity contribution in [3.05, 3.63) is 35.1 Å². The molecular formula is C13H9BrN4. The van der Waals surface area contributed by atoms with E-state index in [1.54, 1.807) is 0 Å². The Balaban J connectivity index is 2.24. The number of aromatic nitrogens is 4. The van der Waals surface area contributed by atoms with Crippen molar-refractivity contribution in [3.63, 3.8) is 0 Å². The Labute approximate surface area is 111 Å². The zero-order valence-corrected chi connectivity index (χ0v) is 11.2. The third-order valence-electron chi connectivity index (χ3n) is 3.25. The van der Waals surface area contributed by atoms with Crippen molar-refractivity contribution in [2.45, 2.75) is 0 Å². The number of H-pyrrole nitrogens is 1. The second-order valence-corrected chi connectivity index (χ2v) is 5.31. The van der Waals surface area contributed by atoms with Crippen LogP contribution in [0.5, 0.6) is 0 Å². The van der Waals surface area contributed by atoms with Crippen LogP contribution in [0.15, 0.2) is 35.1 Å². The Morgan fingerprint density at radius 3 is 3.00 bits per heavy atom. The first kappa shape index (κ1) is 10.1. The van der Waals surface area contributed by atoms with Crippen molar-refractivity contribution in [3.8, 4) is 0 Å². The van der Waals surface area contributed by atoms with Gasteiger partial charge in [0.2, 0.25) is 0 Å². The van der Waals surface area contributed by atoms with Gasteiger partial charge in [0.05, 0.1) is 22.1 Å². The Morgan fingerprint density at radius 2 is 2.11 bits per heavy atom. The molecule has 4 nitrogen and oxygen atoms in total. The van der Waals surface area contributed by atoms with Gasteiger partial charge in [-0.05, 0) is 34.1 Å². The molecule has 0 fully saturated rings. The standard InChI is InChI=1S/C13H9BrN4/c1-18-12-4-10-9(2-7(12)5-16-18)13-11(17-10)3-8(14)6-15-13/h2-6,16H,1H3. The van der Waals surface area contributed by atoms with Gasteiger partial charge in [-0.2, -0.15) is 0 Å². The van der Waals surface area contributed by atoms with Crippen LogP contribution in [0.3, 0.4) is 0 Å². The maximum absolute atomic E-state index is 4.63. The number of benzene rings is 1. The summed E-state index contributed by atoms with van der Waals surface area (Å²) in [5.74, 6) is 0. The molecule has 0 aliphatic rings. The number of hydrogen-bond acceptors (Lipinski definition) is 2. The van der Waals surface area contributed by atoms with Gasteiger partial charge < -0.3 is 5.10 Å². The minimum absolute atomic E-state index is 0.929. The molecule has 4 aromatic rings. The molecule has 3 aromatic heterocycles. The normalized spacial score (nSPS) is 11.9. The molecule has 0 spiro atoms. The highest BCUT2D eigenvalue weighted by Crippen LogP contribution is 2.29. The molecule has 0 saturated heterocycles. The fourth-order valence-electron chi connectivity index (χ4n) is 2.37. The Kier molecular flexibility index (Phi) is 1.86. The van der Waals surface area contributed by atoms with Crippen LogP contribution in [-0.4, -0.2) is 19.7 Å². The van der Waals surface area contributed by atoms with Crippen LogP contribution in [0.1, 0.15) is 0 Å². The summed E-state index contributed by atoms with van der Waals surface area (Å²) < 4.78 is 2.94. The van der Waals surface area contributed by atoms with Gasteiger partial charge in [0.25, 0.3) is 0 Å². The van der Waals surface area contributed by atoms with Crippen LogP contribution in [0.25, 0.3) is 32.8 Å². The number of halogens is 1. The number of fused-ring (bicyclic) bond motifs is 4. The van der Waals surface area contributed by atoms with Crippen molar-refractivity contribution in [1.29, 1.82) is 0 Å². The van der Waals surface area contributed by atoms with Gasteiger partial charge in [-0.15, -0.1) is 0 Å². The van der Waals surface area contributed by atoms with E-state index in [0.717, 1.165) is 31.9 Å². The fraction of sp³-hybridized carbons (Fsp3) is 0.0769. The molecule has 0 bridgehead atoms. The van der Waals surface area contributed by atoms with Gasteiger partial charge in [-0.1, -0.05) is 0 Å². The minimum atomic E-state index is 0.929. The molecule has 0 amide bonds. The molecule has 1 aromatic carbocycles. The number of aryl methyl sites for hydroxylation is 1. The van der Waals surface area contributed by atoms with E-state index in [9.17, 15) is 0 Å². The van der Waals surface area contributed by atoms with Crippen LogP contribution in [0.2, 0.25) is 0 Å². The summed E-state index contributed by atoms with van der Waals surface area (Å²) in [5.41, 5.74) is 4.01. The topological polar surface area (TPSA) is 46.5 Å². The highest BCUT2D eigenvalue weighted by molar-refractivity contribution is 9.10. The maximum Gasteiger partial charge on any atom is 0.0981 e. The Bertz CT molecular complexity index is 903. The van der Waals surface area contributed by atoms with Crippen molar-refractivity contribution >= 4 is 48.8 Å². The molecule has 0 radical (unpaired) electrons. The van der Waals surface area contributed by atoms with E-state index in [2.05, 4.69) is 43.1 Å². The van der Waals surface area contributed by atoms with Crippen molar-refractivity contribution in [2.75, 3.05) is 0 Å². The number of aromatic amines is 1. The van der Waals surface area contributed by atoms with Crippen molar-refractivity contribution < 1.29 is 0 Å². The van der Waals surface area contributed by atoms with E-state index in [1.165, 1.54) is 5.39 Å². The summed E-state index contributed by atoms with van der Waals surface area (Å²) in [6.45, 7) is 0. The summed E-state index contributed by atoms with van der Waals surface area (Å²) in [4.78, 5) is 9.08. The SMILES string of the molecule is Cn1[nH]cc2cc3c(cc21)nc1cc(Br)cnc13. The maximum atomic E-state index is 4.63. The molecule has 0 atom stereocenters. The Morgan fingerprint density at radius 1 is 1.22 bits per heavy atom. The largest absolute Gasteiger partial charge is 0.305 e. The van der Waals surface area contributed by atoms with Gasteiger partial charge in [-0.25, -0.2) is 4.98 Å². The lowest BCUT2D eigenvalue weighted by Crippen LogP contribution is -1.88. The molecule has 0 saturated carbocycles. The first-order chi connectivity index (χ1) is 8.72. The first-order valence-electron chi connectivity index (χ1n) is 5.61. The summed E-state index contributed by atoms with van der Waals surface area (Å²) in [7, 11) is 1.99. The van der Waals surface area contributed by atoms with Crippen LogP contribution >= 0.6 is 15.9 Å². The molecule has 88 valence electrons. The molecule has 3 heterocycles. The average Bonchev–Trinajstić information content (AvgIpc) is 2.87. The third kappa shape index (κ3) is 1.25. The van der Waals surface area contributed by atoms with E-state index in [1.807, 2.05) is 30.2 Å². The van der Waals surface area contributed by atoms with E-state index in [0.29, 0.717) is 0 Å². The molecule has 18 heavy (non-hydrogen) atoms. The quantitative estimate of drug-likeness (QED) is 0.541. The smallest absolute Gasteiger partial charge is 0.0981 e. The molecule has 1 N–H and O–H groups in total. The minimum Gasteiger partial charge on any atom is -0.305 e. The molecular weight excluding hydrogens is 292 g/mol. The zero-order chi connectivity index (χ0) is 12.3. The van der Waals surface area contributed by atoms with Crippen molar-refractivity contribution in [1.82, 2.24) is 19.7 Å². The second-order valence-electron chi connectivity index (χ2n) is 4.39. The van der Waals surface area contributed by atoms with Gasteiger partial charge in [0.15, 0.2) is 0 Å². The highest BCUT2D eigenvalue weighted by atomic mass is 79.9. The molecule has 0 unspecified atom stereocenters. The predicted molar refractivity (Wildman–Crippen MR) is 75.6 cm³/mol. The number of nitrogens with zero attached hydrogens (tertiary/aromatic N) is 3. The van der Waals surface area contributed by atoms with Crippen LogP contribution in [0.4, 0.5) is 0 Å². The van der Waals surface area contributed by atoms with Crippen molar-refractivity contribution in [2.24, 2.45) is 7.05 Å². The van der Waals surface area contributed by atoms with E-state index in [-0.39, 0.29) is 0 Å². The number of rotatable bonds is 0. The van der Waals surface area contributed by atoms with Crippen LogP contribution in [0, 0.1) is 0 Å². The first-order valence-corrected chi connectivity index (χ1v) is 6.40. The number of hydrogen-bond donors (Lipinski definition) is 1. The Hall–Kier alpha value is -1.88.